The molecule has 0 aliphatic carbocycles. The molecule has 0 unspecified atom stereocenters. The average Bonchev–Trinajstić information content (AvgIpc) is 2.61. The number of unbranched alkanes of at least 4 members (excludes halogenated alkanes) is 6. The molecule has 1 aromatic heterocycles. The zero-order chi connectivity index (χ0) is 16.3. The standard InChI is InChI=1S/C20H28N2O/c1-3-4-5-6-7-8-9-12-17-15-21-16-22-20(17)18-13-10-11-14-19(18)23-2/h10-11,13-16H,3-9,12H2,1-2H3. The quantitative estimate of drug-likeness (QED) is 0.547. The van der Waals surface area contributed by atoms with E-state index in [0.717, 1.165) is 23.4 Å². The SMILES string of the molecule is CCCCCCCCCc1cncnc1-c1ccccc1OC. The first-order chi connectivity index (χ1) is 11.4. The molecule has 3 nitrogen and oxygen atoms in total. The molecule has 3 heteroatoms. The van der Waals surface area contributed by atoms with Gasteiger partial charge in [0.2, 0.25) is 0 Å². The Labute approximate surface area is 140 Å². The molecule has 0 aliphatic heterocycles. The number of benzene rings is 1. The van der Waals surface area contributed by atoms with Crippen LogP contribution in [0.25, 0.3) is 11.3 Å². The molecule has 0 saturated heterocycles. The number of rotatable bonds is 10. The van der Waals surface area contributed by atoms with Crippen molar-refractivity contribution in [1.82, 2.24) is 9.97 Å². The highest BCUT2D eigenvalue weighted by Gasteiger charge is 2.11. The smallest absolute Gasteiger partial charge is 0.128 e. The first kappa shape index (κ1) is 17.5. The number of methoxy groups -OCH3 is 1. The van der Waals surface area contributed by atoms with E-state index in [1.165, 1.54) is 50.5 Å². The van der Waals surface area contributed by atoms with Crippen LogP contribution in [0, 0.1) is 0 Å². The fourth-order valence-electron chi connectivity index (χ4n) is 2.90. The monoisotopic (exact) mass is 312 g/mol. The molecule has 1 aromatic carbocycles. The lowest BCUT2D eigenvalue weighted by molar-refractivity contribution is 0.416. The van der Waals surface area contributed by atoms with E-state index in [1.54, 1.807) is 13.4 Å². The van der Waals surface area contributed by atoms with Crippen molar-refractivity contribution >= 4 is 0 Å². The van der Waals surface area contributed by atoms with Crippen molar-refractivity contribution in [3.8, 4) is 17.0 Å². The van der Waals surface area contributed by atoms with E-state index in [-0.39, 0.29) is 0 Å². The Bertz CT molecular complexity index is 583. The van der Waals surface area contributed by atoms with Crippen LogP contribution in [0.1, 0.15) is 57.4 Å². The zero-order valence-electron chi connectivity index (χ0n) is 14.4. The van der Waals surface area contributed by atoms with Gasteiger partial charge in [-0.2, -0.15) is 0 Å². The Balaban J connectivity index is 1.96. The van der Waals surface area contributed by atoms with Gasteiger partial charge in [0.1, 0.15) is 12.1 Å². The normalized spacial score (nSPS) is 10.7. The van der Waals surface area contributed by atoms with Crippen molar-refractivity contribution in [3.05, 3.63) is 42.4 Å². The van der Waals surface area contributed by atoms with Gasteiger partial charge in [0, 0.05) is 11.8 Å². The topological polar surface area (TPSA) is 35.0 Å². The molecule has 0 spiro atoms. The second-order valence-electron chi connectivity index (χ2n) is 5.97. The third-order valence-corrected chi connectivity index (χ3v) is 4.20. The molecule has 0 aliphatic rings. The van der Waals surface area contributed by atoms with Crippen LogP contribution < -0.4 is 4.74 Å². The van der Waals surface area contributed by atoms with E-state index in [9.17, 15) is 0 Å². The summed E-state index contributed by atoms with van der Waals surface area (Å²) in [7, 11) is 1.70. The summed E-state index contributed by atoms with van der Waals surface area (Å²) in [5.41, 5.74) is 3.27. The highest BCUT2D eigenvalue weighted by molar-refractivity contribution is 5.69. The van der Waals surface area contributed by atoms with Crippen molar-refractivity contribution in [2.45, 2.75) is 58.3 Å². The minimum absolute atomic E-state index is 0.868. The minimum atomic E-state index is 0.868. The summed E-state index contributed by atoms with van der Waals surface area (Å²) in [4.78, 5) is 8.72. The van der Waals surface area contributed by atoms with Crippen molar-refractivity contribution in [3.63, 3.8) is 0 Å². The van der Waals surface area contributed by atoms with Crippen LogP contribution in [-0.2, 0) is 6.42 Å². The van der Waals surface area contributed by atoms with Crippen LogP contribution >= 0.6 is 0 Å². The molecule has 2 aromatic rings. The first-order valence-electron chi connectivity index (χ1n) is 8.79. The number of hydrogen-bond donors (Lipinski definition) is 0. The molecule has 23 heavy (non-hydrogen) atoms. The van der Waals surface area contributed by atoms with Gasteiger partial charge in [-0.1, -0.05) is 57.6 Å². The number of aromatic nitrogens is 2. The summed E-state index contributed by atoms with van der Waals surface area (Å²) >= 11 is 0. The van der Waals surface area contributed by atoms with Gasteiger partial charge in [0.05, 0.1) is 12.8 Å². The second-order valence-corrected chi connectivity index (χ2v) is 5.97. The predicted octanol–water partition coefficient (Wildman–Crippen LogP) is 5.45. The summed E-state index contributed by atoms with van der Waals surface area (Å²) in [6, 6.07) is 8.06. The van der Waals surface area contributed by atoms with Gasteiger partial charge in [0.25, 0.3) is 0 Å². The fourth-order valence-corrected chi connectivity index (χ4v) is 2.90. The van der Waals surface area contributed by atoms with Crippen molar-refractivity contribution in [2.24, 2.45) is 0 Å². The highest BCUT2D eigenvalue weighted by atomic mass is 16.5. The van der Waals surface area contributed by atoms with Crippen molar-refractivity contribution in [1.29, 1.82) is 0 Å². The van der Waals surface area contributed by atoms with E-state index in [4.69, 9.17) is 4.74 Å². The minimum Gasteiger partial charge on any atom is -0.496 e. The molecule has 2 rings (SSSR count). The Morgan fingerprint density at radius 1 is 0.957 bits per heavy atom. The molecular formula is C20H28N2O. The number of ether oxygens (including phenoxy) is 1. The maximum absolute atomic E-state index is 5.47. The molecule has 0 bridgehead atoms. The number of hydrogen-bond acceptors (Lipinski definition) is 3. The summed E-state index contributed by atoms with van der Waals surface area (Å²) < 4.78 is 5.47. The average molecular weight is 312 g/mol. The van der Waals surface area contributed by atoms with E-state index in [1.807, 2.05) is 24.4 Å². The molecule has 0 fully saturated rings. The Kier molecular flexibility index (Phi) is 7.58. The van der Waals surface area contributed by atoms with Crippen LogP contribution in [0.4, 0.5) is 0 Å². The summed E-state index contributed by atoms with van der Waals surface area (Å²) in [5.74, 6) is 0.868. The second kappa shape index (κ2) is 9.98. The van der Waals surface area contributed by atoms with Crippen LogP contribution in [0.2, 0.25) is 0 Å². The Morgan fingerprint density at radius 3 is 2.48 bits per heavy atom. The maximum atomic E-state index is 5.47. The van der Waals surface area contributed by atoms with Gasteiger partial charge in [-0.15, -0.1) is 0 Å². The molecular weight excluding hydrogens is 284 g/mol. The predicted molar refractivity (Wildman–Crippen MR) is 95.7 cm³/mol. The molecule has 0 atom stereocenters. The van der Waals surface area contributed by atoms with Crippen LogP contribution in [0.15, 0.2) is 36.8 Å². The Morgan fingerprint density at radius 2 is 1.70 bits per heavy atom. The third kappa shape index (κ3) is 5.34. The number of nitrogens with zero attached hydrogens (tertiary/aromatic N) is 2. The van der Waals surface area contributed by atoms with Crippen LogP contribution in [0.3, 0.4) is 0 Å². The summed E-state index contributed by atoms with van der Waals surface area (Å²) in [6.07, 6.45) is 13.8. The lowest BCUT2D eigenvalue weighted by Gasteiger charge is -2.11. The zero-order valence-corrected chi connectivity index (χ0v) is 14.4. The van der Waals surface area contributed by atoms with E-state index in [0.29, 0.717) is 0 Å². The van der Waals surface area contributed by atoms with Crippen molar-refractivity contribution < 1.29 is 4.74 Å². The lowest BCUT2D eigenvalue weighted by atomic mass is 10.0. The lowest BCUT2D eigenvalue weighted by Crippen LogP contribution is -1.97. The van der Waals surface area contributed by atoms with E-state index < -0.39 is 0 Å². The van der Waals surface area contributed by atoms with E-state index in [2.05, 4.69) is 23.0 Å². The summed E-state index contributed by atoms with van der Waals surface area (Å²) in [6.45, 7) is 2.26. The molecule has 1 heterocycles. The molecule has 0 amide bonds. The van der Waals surface area contributed by atoms with Crippen LogP contribution in [0.5, 0.6) is 5.75 Å². The largest absolute Gasteiger partial charge is 0.496 e. The molecule has 0 radical (unpaired) electrons. The number of aryl methyl sites for hydroxylation is 1. The fraction of sp³-hybridized carbons (Fsp3) is 0.500. The summed E-state index contributed by atoms with van der Waals surface area (Å²) in [5, 5.41) is 0. The van der Waals surface area contributed by atoms with Gasteiger partial charge in [-0.25, -0.2) is 9.97 Å². The Hall–Kier alpha value is -1.90. The number of para-hydroxylation sites is 1. The molecule has 124 valence electrons. The van der Waals surface area contributed by atoms with Crippen LogP contribution in [-0.4, -0.2) is 17.1 Å². The first-order valence-corrected chi connectivity index (χ1v) is 8.79. The third-order valence-electron chi connectivity index (χ3n) is 4.20. The van der Waals surface area contributed by atoms with Crippen molar-refractivity contribution in [2.75, 3.05) is 7.11 Å². The molecule has 0 saturated carbocycles. The van der Waals surface area contributed by atoms with Gasteiger partial charge >= 0.3 is 0 Å². The van der Waals surface area contributed by atoms with Gasteiger partial charge in [-0.3, -0.25) is 0 Å². The van der Waals surface area contributed by atoms with E-state index >= 15 is 0 Å². The molecule has 0 N–H and O–H groups in total. The van der Waals surface area contributed by atoms with Gasteiger partial charge in [-0.05, 0) is 30.5 Å². The maximum Gasteiger partial charge on any atom is 0.128 e. The van der Waals surface area contributed by atoms with Gasteiger partial charge < -0.3 is 4.74 Å². The van der Waals surface area contributed by atoms with Gasteiger partial charge in [0.15, 0.2) is 0 Å². The highest BCUT2D eigenvalue weighted by Crippen LogP contribution is 2.30.